The van der Waals surface area contributed by atoms with E-state index in [-0.39, 0.29) is 5.25 Å². The predicted octanol–water partition coefficient (Wildman–Crippen LogP) is 2.29. The van der Waals surface area contributed by atoms with Gasteiger partial charge < -0.3 is 5.73 Å². The smallest absolute Gasteiger partial charge is 0.157 e. The van der Waals surface area contributed by atoms with E-state index in [0.29, 0.717) is 6.42 Å². The second kappa shape index (κ2) is 5.65. The number of sulfone groups is 1. The van der Waals surface area contributed by atoms with Gasteiger partial charge in [0.2, 0.25) is 0 Å². The van der Waals surface area contributed by atoms with Crippen LogP contribution in [0.4, 0.5) is 0 Å². The Labute approximate surface area is 104 Å². The van der Waals surface area contributed by atoms with E-state index in [1.165, 1.54) is 0 Å². The molecule has 0 saturated heterocycles. The number of hydrogen-bond acceptors (Lipinski definition) is 3. The summed E-state index contributed by atoms with van der Waals surface area (Å²) in [5, 5.41) is -0.896. The van der Waals surface area contributed by atoms with Crippen LogP contribution in [-0.4, -0.2) is 18.9 Å². The number of hydrogen-bond donors (Lipinski definition) is 1. The van der Waals surface area contributed by atoms with Crippen molar-refractivity contribution in [3.8, 4) is 0 Å². The Morgan fingerprint density at radius 1 is 1.18 bits per heavy atom. The van der Waals surface area contributed by atoms with Gasteiger partial charge >= 0.3 is 0 Å². The summed E-state index contributed by atoms with van der Waals surface area (Å²) in [6.45, 7) is 5.28. The minimum atomic E-state index is -3.16. The summed E-state index contributed by atoms with van der Waals surface area (Å²) in [6, 6.07) is 8.96. The topological polar surface area (TPSA) is 60.2 Å². The van der Waals surface area contributed by atoms with Gasteiger partial charge in [0.25, 0.3) is 0 Å². The molecule has 0 amide bonds. The standard InChI is InChI=1S/C13H21NO2S/c1-4-12(17(15,16)10(2)3)13(14)11-8-6-5-7-9-11/h5-10,12-13H,4,14H2,1-3H3. The Morgan fingerprint density at radius 3 is 2.12 bits per heavy atom. The van der Waals surface area contributed by atoms with Crippen molar-refractivity contribution < 1.29 is 8.42 Å². The summed E-state index contributed by atoms with van der Waals surface area (Å²) < 4.78 is 24.4. The first-order chi connectivity index (χ1) is 7.91. The molecule has 2 N–H and O–H groups in total. The van der Waals surface area contributed by atoms with Crippen LogP contribution in [0, 0.1) is 0 Å². The van der Waals surface area contributed by atoms with E-state index < -0.39 is 21.1 Å². The molecule has 0 fully saturated rings. The van der Waals surface area contributed by atoms with Crippen LogP contribution in [0.25, 0.3) is 0 Å². The molecule has 0 radical (unpaired) electrons. The van der Waals surface area contributed by atoms with E-state index in [9.17, 15) is 8.42 Å². The summed E-state index contributed by atoms with van der Waals surface area (Å²) in [5.41, 5.74) is 6.97. The molecule has 96 valence electrons. The summed E-state index contributed by atoms with van der Waals surface area (Å²) in [7, 11) is -3.16. The van der Waals surface area contributed by atoms with E-state index in [1.54, 1.807) is 13.8 Å². The molecule has 0 spiro atoms. The van der Waals surface area contributed by atoms with Crippen LogP contribution in [0.2, 0.25) is 0 Å². The number of nitrogens with two attached hydrogens (primary N) is 1. The molecule has 0 saturated carbocycles. The maximum absolute atomic E-state index is 12.2. The second-order valence-electron chi connectivity index (χ2n) is 4.52. The average Bonchev–Trinajstić information content (AvgIpc) is 2.30. The van der Waals surface area contributed by atoms with Crippen LogP contribution in [0.1, 0.15) is 38.8 Å². The summed E-state index contributed by atoms with van der Waals surface area (Å²) >= 11 is 0. The molecule has 4 heteroatoms. The van der Waals surface area contributed by atoms with Gasteiger partial charge in [-0.2, -0.15) is 0 Å². The van der Waals surface area contributed by atoms with E-state index in [4.69, 9.17) is 5.73 Å². The summed E-state index contributed by atoms with van der Waals surface area (Å²) in [4.78, 5) is 0. The SMILES string of the molecule is CCC(C(N)c1ccccc1)S(=O)(=O)C(C)C. The van der Waals surface area contributed by atoms with Crippen molar-refractivity contribution in [2.45, 2.75) is 43.7 Å². The third-order valence-electron chi connectivity index (χ3n) is 3.07. The maximum atomic E-state index is 12.2. The third-order valence-corrected chi connectivity index (χ3v) is 5.85. The van der Waals surface area contributed by atoms with Gasteiger partial charge in [0.15, 0.2) is 9.84 Å². The molecule has 1 aromatic carbocycles. The van der Waals surface area contributed by atoms with Crippen LogP contribution >= 0.6 is 0 Å². The Kier molecular flexibility index (Phi) is 4.71. The molecular formula is C13H21NO2S. The fourth-order valence-corrected chi connectivity index (χ4v) is 3.66. The molecule has 2 atom stereocenters. The molecule has 0 heterocycles. The Hall–Kier alpha value is -0.870. The van der Waals surface area contributed by atoms with Crippen molar-refractivity contribution in [1.29, 1.82) is 0 Å². The van der Waals surface area contributed by atoms with E-state index in [2.05, 4.69) is 0 Å². The Balaban J connectivity index is 3.05. The first-order valence-electron chi connectivity index (χ1n) is 5.94. The van der Waals surface area contributed by atoms with Crippen molar-refractivity contribution in [1.82, 2.24) is 0 Å². The van der Waals surface area contributed by atoms with Crippen molar-refractivity contribution in [3.63, 3.8) is 0 Å². The van der Waals surface area contributed by atoms with E-state index in [0.717, 1.165) is 5.56 Å². The van der Waals surface area contributed by atoms with Crippen molar-refractivity contribution in [2.24, 2.45) is 5.73 Å². The average molecular weight is 255 g/mol. The lowest BCUT2D eigenvalue weighted by Gasteiger charge is -2.25. The molecule has 0 aliphatic heterocycles. The summed E-state index contributed by atoms with van der Waals surface area (Å²) in [5.74, 6) is 0. The first-order valence-corrected chi connectivity index (χ1v) is 7.55. The third kappa shape index (κ3) is 3.07. The zero-order chi connectivity index (χ0) is 13.1. The van der Waals surface area contributed by atoms with Crippen LogP contribution in [0.3, 0.4) is 0 Å². The highest BCUT2D eigenvalue weighted by Crippen LogP contribution is 2.25. The van der Waals surface area contributed by atoms with Gasteiger partial charge in [-0.3, -0.25) is 0 Å². The fraction of sp³-hybridized carbons (Fsp3) is 0.538. The largest absolute Gasteiger partial charge is 0.323 e. The molecule has 0 aliphatic rings. The molecule has 0 aromatic heterocycles. The van der Waals surface area contributed by atoms with Crippen LogP contribution in [0.15, 0.2) is 30.3 Å². The zero-order valence-corrected chi connectivity index (χ0v) is 11.4. The molecule has 2 unspecified atom stereocenters. The van der Waals surface area contributed by atoms with Gasteiger partial charge in [-0.05, 0) is 25.8 Å². The normalized spacial score (nSPS) is 15.8. The Morgan fingerprint density at radius 2 is 1.71 bits per heavy atom. The molecular weight excluding hydrogens is 234 g/mol. The molecule has 1 aromatic rings. The highest BCUT2D eigenvalue weighted by Gasteiger charge is 2.32. The fourth-order valence-electron chi connectivity index (χ4n) is 1.93. The lowest BCUT2D eigenvalue weighted by atomic mass is 10.0. The highest BCUT2D eigenvalue weighted by molar-refractivity contribution is 7.92. The van der Waals surface area contributed by atoms with Crippen molar-refractivity contribution >= 4 is 9.84 Å². The Bertz CT molecular complexity index is 440. The van der Waals surface area contributed by atoms with Crippen molar-refractivity contribution in [2.75, 3.05) is 0 Å². The van der Waals surface area contributed by atoms with Gasteiger partial charge in [0, 0.05) is 6.04 Å². The van der Waals surface area contributed by atoms with Gasteiger partial charge in [-0.15, -0.1) is 0 Å². The van der Waals surface area contributed by atoms with Gasteiger partial charge in [0.1, 0.15) is 0 Å². The second-order valence-corrected chi connectivity index (χ2v) is 7.25. The van der Waals surface area contributed by atoms with Crippen LogP contribution < -0.4 is 5.73 Å². The minimum absolute atomic E-state index is 0.387. The molecule has 3 nitrogen and oxygen atoms in total. The molecule has 0 aliphatic carbocycles. The van der Waals surface area contributed by atoms with Crippen LogP contribution in [-0.2, 0) is 9.84 Å². The maximum Gasteiger partial charge on any atom is 0.157 e. The number of rotatable bonds is 5. The predicted molar refractivity (Wildman–Crippen MR) is 71.5 cm³/mol. The quantitative estimate of drug-likeness (QED) is 0.878. The lowest BCUT2D eigenvalue weighted by Crippen LogP contribution is -2.37. The molecule has 0 bridgehead atoms. The minimum Gasteiger partial charge on any atom is -0.323 e. The van der Waals surface area contributed by atoms with E-state index >= 15 is 0 Å². The van der Waals surface area contributed by atoms with Crippen LogP contribution in [0.5, 0.6) is 0 Å². The molecule has 17 heavy (non-hydrogen) atoms. The van der Waals surface area contributed by atoms with Gasteiger partial charge in [-0.1, -0.05) is 37.3 Å². The van der Waals surface area contributed by atoms with Crippen molar-refractivity contribution in [3.05, 3.63) is 35.9 Å². The van der Waals surface area contributed by atoms with Gasteiger partial charge in [-0.25, -0.2) is 8.42 Å². The number of benzene rings is 1. The lowest BCUT2D eigenvalue weighted by molar-refractivity contribution is 0.540. The van der Waals surface area contributed by atoms with E-state index in [1.807, 2.05) is 37.3 Å². The summed E-state index contributed by atoms with van der Waals surface area (Å²) in [6.07, 6.45) is 0.538. The first kappa shape index (κ1) is 14.2. The van der Waals surface area contributed by atoms with Gasteiger partial charge in [0.05, 0.1) is 10.5 Å². The monoisotopic (exact) mass is 255 g/mol. The zero-order valence-electron chi connectivity index (χ0n) is 10.6. The highest BCUT2D eigenvalue weighted by atomic mass is 32.2. The molecule has 1 rings (SSSR count).